The molecule has 104 valence electrons. The van der Waals surface area contributed by atoms with Gasteiger partial charge in [0.15, 0.2) is 5.78 Å². The molecule has 0 saturated heterocycles. The summed E-state index contributed by atoms with van der Waals surface area (Å²) < 4.78 is 5.31. The molecule has 0 aliphatic heterocycles. The van der Waals surface area contributed by atoms with Crippen molar-refractivity contribution in [1.29, 1.82) is 0 Å². The van der Waals surface area contributed by atoms with Gasteiger partial charge in [-0.15, -0.1) is 0 Å². The van der Waals surface area contributed by atoms with Crippen LogP contribution in [-0.4, -0.2) is 24.0 Å². The number of hydrogen-bond acceptors (Lipinski definition) is 3. The van der Waals surface area contributed by atoms with Crippen molar-refractivity contribution in [2.24, 2.45) is 0 Å². The first-order valence-electron chi connectivity index (χ1n) is 6.30. The summed E-state index contributed by atoms with van der Waals surface area (Å²) in [6.07, 6.45) is -0.110. The summed E-state index contributed by atoms with van der Waals surface area (Å²) in [7, 11) is 1.60. The number of ketones is 1. The lowest BCUT2D eigenvalue weighted by molar-refractivity contribution is -0.136. The normalized spacial score (nSPS) is 10.6. The van der Waals surface area contributed by atoms with Crippen molar-refractivity contribution in [3.63, 3.8) is 0 Å². The first-order chi connectivity index (χ1) is 8.86. The standard InChI is InChI=1S/C15H20O4/c1-9(2)11-8-12(10(3)7-14(11)19-4)13(16)5-6-15(17)18/h7-9H,5-6H2,1-4H3,(H,17,18). The van der Waals surface area contributed by atoms with E-state index >= 15 is 0 Å². The van der Waals surface area contributed by atoms with Gasteiger partial charge in [-0.05, 0) is 36.1 Å². The number of methoxy groups -OCH3 is 1. The second-order valence-corrected chi connectivity index (χ2v) is 4.88. The number of hydrogen-bond donors (Lipinski definition) is 1. The molecule has 0 radical (unpaired) electrons. The van der Waals surface area contributed by atoms with E-state index in [-0.39, 0.29) is 24.5 Å². The molecule has 4 heteroatoms. The maximum absolute atomic E-state index is 12.0. The van der Waals surface area contributed by atoms with E-state index < -0.39 is 5.97 Å². The van der Waals surface area contributed by atoms with Gasteiger partial charge in [0.2, 0.25) is 0 Å². The molecule has 0 amide bonds. The van der Waals surface area contributed by atoms with Crippen LogP contribution in [0, 0.1) is 6.92 Å². The summed E-state index contributed by atoms with van der Waals surface area (Å²) >= 11 is 0. The lowest BCUT2D eigenvalue weighted by atomic mass is 9.93. The van der Waals surface area contributed by atoms with Gasteiger partial charge in [0.25, 0.3) is 0 Å². The van der Waals surface area contributed by atoms with Gasteiger partial charge in [0.1, 0.15) is 5.75 Å². The van der Waals surface area contributed by atoms with Crippen LogP contribution < -0.4 is 4.74 Å². The highest BCUT2D eigenvalue weighted by atomic mass is 16.5. The molecule has 4 nitrogen and oxygen atoms in total. The van der Waals surface area contributed by atoms with Crippen molar-refractivity contribution in [3.8, 4) is 5.75 Å². The van der Waals surface area contributed by atoms with E-state index in [0.29, 0.717) is 5.56 Å². The third-order valence-electron chi connectivity index (χ3n) is 3.07. The number of carboxylic acid groups (broad SMARTS) is 1. The number of carbonyl (C=O) groups excluding carboxylic acids is 1. The maximum Gasteiger partial charge on any atom is 0.303 e. The first kappa shape index (κ1) is 15.2. The Hall–Kier alpha value is -1.84. The van der Waals surface area contributed by atoms with Gasteiger partial charge in [-0.1, -0.05) is 13.8 Å². The molecule has 0 unspecified atom stereocenters. The maximum atomic E-state index is 12.0. The van der Waals surface area contributed by atoms with Crippen molar-refractivity contribution in [2.45, 2.75) is 39.5 Å². The summed E-state index contributed by atoms with van der Waals surface area (Å²) in [5.74, 6) is -0.0862. The Balaban J connectivity index is 3.10. The Morgan fingerprint density at radius 3 is 2.37 bits per heavy atom. The molecule has 0 atom stereocenters. The third kappa shape index (κ3) is 3.81. The number of aryl methyl sites for hydroxylation is 1. The molecule has 1 aromatic carbocycles. The van der Waals surface area contributed by atoms with Crippen LogP contribution in [0.1, 0.15) is 54.1 Å². The molecule has 0 heterocycles. The molecular formula is C15H20O4. The van der Waals surface area contributed by atoms with E-state index in [9.17, 15) is 9.59 Å². The van der Waals surface area contributed by atoms with Crippen molar-refractivity contribution < 1.29 is 19.4 Å². The van der Waals surface area contributed by atoms with Crippen LogP contribution in [0.4, 0.5) is 0 Å². The van der Waals surface area contributed by atoms with Gasteiger partial charge < -0.3 is 9.84 Å². The molecule has 0 spiro atoms. The number of aliphatic carboxylic acids is 1. The quantitative estimate of drug-likeness (QED) is 0.801. The number of ether oxygens (including phenoxy) is 1. The zero-order valence-electron chi connectivity index (χ0n) is 11.8. The van der Waals surface area contributed by atoms with E-state index in [1.165, 1.54) is 0 Å². The van der Waals surface area contributed by atoms with Crippen molar-refractivity contribution >= 4 is 11.8 Å². The molecule has 0 saturated carbocycles. The number of carboxylic acids is 1. The van der Waals surface area contributed by atoms with Gasteiger partial charge >= 0.3 is 5.97 Å². The monoisotopic (exact) mass is 264 g/mol. The highest BCUT2D eigenvalue weighted by molar-refractivity contribution is 5.99. The van der Waals surface area contributed by atoms with Crippen LogP contribution in [0.5, 0.6) is 5.75 Å². The summed E-state index contributed by atoms with van der Waals surface area (Å²) in [6, 6.07) is 3.66. The molecule has 0 aliphatic carbocycles. The number of carbonyl (C=O) groups is 2. The average molecular weight is 264 g/mol. The van der Waals surface area contributed by atoms with Crippen molar-refractivity contribution in [3.05, 3.63) is 28.8 Å². The first-order valence-corrected chi connectivity index (χ1v) is 6.30. The fourth-order valence-corrected chi connectivity index (χ4v) is 1.98. The smallest absolute Gasteiger partial charge is 0.303 e. The topological polar surface area (TPSA) is 63.6 Å². The molecule has 19 heavy (non-hydrogen) atoms. The minimum atomic E-state index is -0.955. The minimum absolute atomic E-state index is 0.0278. The van der Waals surface area contributed by atoms with Crippen LogP contribution in [0.2, 0.25) is 0 Å². The van der Waals surface area contributed by atoms with Crippen molar-refractivity contribution in [2.75, 3.05) is 7.11 Å². The molecule has 0 bridgehead atoms. The van der Waals surface area contributed by atoms with Gasteiger partial charge in [0, 0.05) is 12.0 Å². The van der Waals surface area contributed by atoms with E-state index in [4.69, 9.17) is 9.84 Å². The molecule has 0 aromatic heterocycles. The third-order valence-corrected chi connectivity index (χ3v) is 3.07. The average Bonchev–Trinajstić information content (AvgIpc) is 2.34. The van der Waals surface area contributed by atoms with Gasteiger partial charge in [0.05, 0.1) is 13.5 Å². The van der Waals surface area contributed by atoms with Crippen LogP contribution in [-0.2, 0) is 4.79 Å². The number of benzene rings is 1. The van der Waals surface area contributed by atoms with Crippen LogP contribution in [0.3, 0.4) is 0 Å². The van der Waals surface area contributed by atoms with E-state index in [1.807, 2.05) is 32.9 Å². The van der Waals surface area contributed by atoms with Gasteiger partial charge in [-0.2, -0.15) is 0 Å². The van der Waals surface area contributed by atoms with E-state index in [1.54, 1.807) is 7.11 Å². The SMILES string of the molecule is COc1cc(C)c(C(=O)CCC(=O)O)cc1C(C)C. The van der Waals surface area contributed by atoms with E-state index in [0.717, 1.165) is 16.9 Å². The minimum Gasteiger partial charge on any atom is -0.496 e. The Morgan fingerprint density at radius 2 is 1.89 bits per heavy atom. The number of Topliss-reactive ketones (excluding diaryl/α,β-unsaturated/α-hetero) is 1. The van der Waals surface area contributed by atoms with Crippen LogP contribution in [0.25, 0.3) is 0 Å². The Kier molecular flexibility index (Phi) is 5.10. The van der Waals surface area contributed by atoms with Gasteiger partial charge in [-0.25, -0.2) is 0 Å². The second kappa shape index (κ2) is 6.36. The largest absolute Gasteiger partial charge is 0.496 e. The molecule has 0 fully saturated rings. The molecule has 1 N–H and O–H groups in total. The summed E-state index contributed by atoms with van der Waals surface area (Å²) in [6.45, 7) is 5.89. The fraction of sp³-hybridized carbons (Fsp3) is 0.467. The molecular weight excluding hydrogens is 244 g/mol. The number of rotatable bonds is 6. The lowest BCUT2D eigenvalue weighted by Gasteiger charge is -2.15. The van der Waals surface area contributed by atoms with E-state index in [2.05, 4.69) is 0 Å². The summed E-state index contributed by atoms with van der Waals surface area (Å²) in [4.78, 5) is 22.6. The predicted octanol–water partition coefficient (Wildman–Crippen LogP) is 3.17. The molecule has 1 aromatic rings. The molecule has 0 aliphatic rings. The van der Waals surface area contributed by atoms with Crippen molar-refractivity contribution in [1.82, 2.24) is 0 Å². The predicted molar refractivity (Wildman–Crippen MR) is 73.0 cm³/mol. The highest BCUT2D eigenvalue weighted by Gasteiger charge is 2.16. The Morgan fingerprint density at radius 1 is 1.26 bits per heavy atom. The summed E-state index contributed by atoms with van der Waals surface area (Å²) in [5, 5.41) is 8.63. The zero-order valence-corrected chi connectivity index (χ0v) is 11.8. The highest BCUT2D eigenvalue weighted by Crippen LogP contribution is 2.30. The summed E-state index contributed by atoms with van der Waals surface area (Å²) in [5.41, 5.74) is 2.37. The van der Waals surface area contributed by atoms with Crippen LogP contribution >= 0.6 is 0 Å². The molecule has 1 rings (SSSR count). The zero-order chi connectivity index (χ0) is 14.6. The fourth-order valence-electron chi connectivity index (χ4n) is 1.98. The Bertz CT molecular complexity index is 489. The van der Waals surface area contributed by atoms with Crippen LogP contribution in [0.15, 0.2) is 12.1 Å². The lowest BCUT2D eigenvalue weighted by Crippen LogP contribution is -2.07. The Labute approximate surface area is 113 Å². The second-order valence-electron chi connectivity index (χ2n) is 4.88. The van der Waals surface area contributed by atoms with Gasteiger partial charge in [-0.3, -0.25) is 9.59 Å².